The Hall–Kier alpha value is -0.700. The third-order valence-corrected chi connectivity index (χ3v) is 6.56. The molecule has 0 spiro atoms. The summed E-state index contributed by atoms with van der Waals surface area (Å²) in [6, 6.07) is -0.135. The average molecular weight is 339 g/mol. The van der Waals surface area contributed by atoms with Crippen molar-refractivity contribution < 1.29 is 17.9 Å². The highest BCUT2D eigenvalue weighted by Crippen LogP contribution is 2.35. The maximum absolute atomic E-state index is 12.6. The van der Waals surface area contributed by atoms with Crippen molar-refractivity contribution in [3.8, 4) is 0 Å². The summed E-state index contributed by atoms with van der Waals surface area (Å²) in [4.78, 5) is 15.5. The van der Waals surface area contributed by atoms with Crippen LogP contribution in [0.15, 0.2) is 4.21 Å². The van der Waals surface area contributed by atoms with Crippen molar-refractivity contribution >= 4 is 38.9 Å². The third kappa shape index (κ3) is 3.30. The predicted octanol–water partition coefficient (Wildman–Crippen LogP) is 1.82. The van der Waals surface area contributed by atoms with Gasteiger partial charge in [0, 0.05) is 6.04 Å². The lowest BCUT2D eigenvalue weighted by Crippen LogP contribution is -2.38. The number of esters is 1. The van der Waals surface area contributed by atoms with E-state index in [1.165, 1.54) is 4.31 Å². The standard InChI is InChI=1S/C11H15ClN2O4S2/c1-3-18-9(15)6-14(8-4-5-8)20(16,17)10-7(2)13-11(12)19-10/h8H,3-6H2,1-2H3. The number of nitrogens with zero attached hydrogens (tertiary/aromatic N) is 2. The van der Waals surface area contributed by atoms with Gasteiger partial charge in [-0.25, -0.2) is 13.4 Å². The Labute approximate surface area is 126 Å². The summed E-state index contributed by atoms with van der Waals surface area (Å²) in [5.41, 5.74) is 0.356. The second-order valence-electron chi connectivity index (χ2n) is 4.43. The lowest BCUT2D eigenvalue weighted by Gasteiger charge is -2.20. The molecule has 0 aromatic carbocycles. The van der Waals surface area contributed by atoms with Crippen LogP contribution in [0.4, 0.5) is 0 Å². The number of halogens is 1. The Bertz CT molecular complexity index is 610. The molecule has 0 unspecified atom stereocenters. The number of thiazole rings is 1. The van der Waals surface area contributed by atoms with Gasteiger partial charge in [0.25, 0.3) is 10.0 Å². The minimum atomic E-state index is -3.76. The van der Waals surface area contributed by atoms with Gasteiger partial charge in [0.05, 0.1) is 12.3 Å². The Morgan fingerprint density at radius 2 is 2.20 bits per heavy atom. The van der Waals surface area contributed by atoms with Crippen LogP contribution in [-0.2, 0) is 19.6 Å². The van der Waals surface area contributed by atoms with E-state index in [4.69, 9.17) is 16.3 Å². The number of aromatic nitrogens is 1. The summed E-state index contributed by atoms with van der Waals surface area (Å²) in [6.07, 6.45) is 1.51. The van der Waals surface area contributed by atoms with E-state index in [0.717, 1.165) is 24.2 Å². The van der Waals surface area contributed by atoms with Crippen LogP contribution in [0, 0.1) is 6.92 Å². The molecule has 0 amide bonds. The predicted molar refractivity (Wildman–Crippen MR) is 75.4 cm³/mol. The molecule has 20 heavy (non-hydrogen) atoms. The fourth-order valence-corrected chi connectivity index (χ4v) is 5.28. The summed E-state index contributed by atoms with van der Waals surface area (Å²) in [5, 5.41) is 0. The van der Waals surface area contributed by atoms with Crippen LogP contribution in [0.25, 0.3) is 0 Å². The first-order valence-corrected chi connectivity index (χ1v) is 8.80. The number of sulfonamides is 1. The maximum atomic E-state index is 12.6. The normalized spacial score (nSPS) is 15.6. The van der Waals surface area contributed by atoms with Gasteiger partial charge in [-0.3, -0.25) is 4.79 Å². The van der Waals surface area contributed by atoms with E-state index in [-0.39, 0.29) is 27.9 Å². The molecule has 1 aliphatic carbocycles. The third-order valence-electron chi connectivity index (χ3n) is 2.82. The molecule has 1 aliphatic rings. The van der Waals surface area contributed by atoms with Crippen molar-refractivity contribution in [2.45, 2.75) is 36.9 Å². The molecule has 1 aromatic rings. The first kappa shape index (κ1) is 15.7. The molecule has 0 saturated heterocycles. The molecule has 0 N–H and O–H groups in total. The van der Waals surface area contributed by atoms with Gasteiger partial charge in [-0.2, -0.15) is 4.31 Å². The molecule has 1 saturated carbocycles. The van der Waals surface area contributed by atoms with Crippen LogP contribution in [0.2, 0.25) is 4.47 Å². The van der Waals surface area contributed by atoms with E-state index in [1.807, 2.05) is 0 Å². The summed E-state index contributed by atoms with van der Waals surface area (Å²) < 4.78 is 31.5. The Balaban J connectivity index is 2.28. The van der Waals surface area contributed by atoms with Gasteiger partial charge < -0.3 is 4.74 Å². The SMILES string of the molecule is CCOC(=O)CN(C1CC1)S(=O)(=O)c1sc(Cl)nc1C. The fourth-order valence-electron chi connectivity index (χ4n) is 1.80. The monoisotopic (exact) mass is 338 g/mol. The van der Waals surface area contributed by atoms with E-state index in [9.17, 15) is 13.2 Å². The zero-order chi connectivity index (χ0) is 14.9. The minimum Gasteiger partial charge on any atom is -0.465 e. The largest absolute Gasteiger partial charge is 0.465 e. The number of hydrogen-bond donors (Lipinski definition) is 0. The lowest BCUT2D eigenvalue weighted by atomic mass is 10.6. The molecule has 0 radical (unpaired) electrons. The van der Waals surface area contributed by atoms with Crippen LogP contribution in [-0.4, -0.2) is 42.9 Å². The van der Waals surface area contributed by atoms with Gasteiger partial charge in [-0.05, 0) is 26.7 Å². The molecule has 9 heteroatoms. The fraction of sp³-hybridized carbons (Fsp3) is 0.636. The molecule has 0 atom stereocenters. The van der Waals surface area contributed by atoms with Gasteiger partial charge >= 0.3 is 5.97 Å². The van der Waals surface area contributed by atoms with Crippen molar-refractivity contribution in [2.24, 2.45) is 0 Å². The molecule has 112 valence electrons. The van der Waals surface area contributed by atoms with Crippen LogP contribution >= 0.6 is 22.9 Å². The summed E-state index contributed by atoms with van der Waals surface area (Å²) in [7, 11) is -3.76. The molecule has 1 fully saturated rings. The Kier molecular flexibility index (Phi) is 4.68. The first-order valence-electron chi connectivity index (χ1n) is 6.16. The molecular weight excluding hydrogens is 324 g/mol. The van der Waals surface area contributed by atoms with E-state index in [2.05, 4.69) is 4.98 Å². The minimum absolute atomic E-state index is 0.0960. The summed E-state index contributed by atoms with van der Waals surface area (Å²) in [5.74, 6) is -0.545. The average Bonchev–Trinajstić information content (AvgIpc) is 3.11. The topological polar surface area (TPSA) is 76.6 Å². The van der Waals surface area contributed by atoms with Crippen molar-refractivity contribution in [3.05, 3.63) is 10.2 Å². The second kappa shape index (κ2) is 5.97. The molecule has 1 heterocycles. The van der Waals surface area contributed by atoms with Crippen LogP contribution in [0.5, 0.6) is 0 Å². The van der Waals surface area contributed by atoms with E-state index in [0.29, 0.717) is 5.69 Å². The highest BCUT2D eigenvalue weighted by atomic mass is 35.5. The summed E-state index contributed by atoms with van der Waals surface area (Å²) >= 11 is 6.67. The number of carbonyl (C=O) groups is 1. The highest BCUT2D eigenvalue weighted by molar-refractivity contribution is 7.91. The first-order chi connectivity index (χ1) is 9.36. The van der Waals surface area contributed by atoms with Gasteiger partial charge in [-0.1, -0.05) is 22.9 Å². The van der Waals surface area contributed by atoms with Gasteiger partial charge in [0.2, 0.25) is 0 Å². The smallest absolute Gasteiger partial charge is 0.321 e. The molecular formula is C11H15ClN2O4S2. The van der Waals surface area contributed by atoms with Crippen LogP contribution in [0.1, 0.15) is 25.5 Å². The van der Waals surface area contributed by atoms with E-state index < -0.39 is 16.0 Å². The maximum Gasteiger partial charge on any atom is 0.321 e. The number of ether oxygens (including phenoxy) is 1. The van der Waals surface area contributed by atoms with Crippen LogP contribution in [0.3, 0.4) is 0 Å². The Morgan fingerprint density at radius 1 is 1.55 bits per heavy atom. The zero-order valence-corrected chi connectivity index (χ0v) is 13.5. The van der Waals surface area contributed by atoms with Crippen molar-refractivity contribution in [2.75, 3.05) is 13.2 Å². The van der Waals surface area contributed by atoms with Crippen LogP contribution < -0.4 is 0 Å². The van der Waals surface area contributed by atoms with Gasteiger partial charge in [0.15, 0.2) is 8.68 Å². The van der Waals surface area contributed by atoms with Crippen molar-refractivity contribution in [3.63, 3.8) is 0 Å². The Morgan fingerprint density at radius 3 is 2.65 bits per heavy atom. The lowest BCUT2D eigenvalue weighted by molar-refractivity contribution is -0.143. The molecule has 0 aliphatic heterocycles. The van der Waals surface area contributed by atoms with Gasteiger partial charge in [-0.15, -0.1) is 0 Å². The molecule has 0 bridgehead atoms. The number of aryl methyl sites for hydroxylation is 1. The van der Waals surface area contributed by atoms with Crippen molar-refractivity contribution in [1.29, 1.82) is 0 Å². The van der Waals surface area contributed by atoms with Gasteiger partial charge in [0.1, 0.15) is 6.54 Å². The second-order valence-corrected chi connectivity index (χ2v) is 8.09. The quantitative estimate of drug-likeness (QED) is 0.739. The number of rotatable bonds is 6. The summed E-state index contributed by atoms with van der Waals surface area (Å²) in [6.45, 7) is 3.23. The zero-order valence-electron chi connectivity index (χ0n) is 11.1. The number of hydrogen-bond acceptors (Lipinski definition) is 6. The van der Waals surface area contributed by atoms with Crippen molar-refractivity contribution in [1.82, 2.24) is 9.29 Å². The van der Waals surface area contributed by atoms with E-state index >= 15 is 0 Å². The highest BCUT2D eigenvalue weighted by Gasteiger charge is 2.41. The molecule has 2 rings (SSSR count). The van der Waals surface area contributed by atoms with E-state index in [1.54, 1.807) is 13.8 Å². The number of carbonyl (C=O) groups excluding carboxylic acids is 1. The molecule has 1 aromatic heterocycles. The molecule has 6 nitrogen and oxygen atoms in total.